The Morgan fingerprint density at radius 1 is 1.09 bits per heavy atom. The van der Waals surface area contributed by atoms with Gasteiger partial charge >= 0.3 is 0 Å². The molecule has 1 N–H and O–H groups in total. The van der Waals surface area contributed by atoms with Crippen LogP contribution in [-0.2, 0) is 4.74 Å². The highest BCUT2D eigenvalue weighted by Gasteiger charge is 2.13. The van der Waals surface area contributed by atoms with Gasteiger partial charge < -0.3 is 19.3 Å². The molecule has 2 aromatic rings. The molecule has 0 saturated heterocycles. The second kappa shape index (κ2) is 8.30. The fourth-order valence-corrected chi connectivity index (χ4v) is 3.64. The van der Waals surface area contributed by atoms with Crippen molar-refractivity contribution < 1.29 is 19.3 Å². The predicted molar refractivity (Wildman–Crippen MR) is 94.9 cm³/mol. The monoisotopic (exact) mass is 334 g/mol. The lowest BCUT2D eigenvalue weighted by molar-refractivity contribution is 0.0519. The Labute approximate surface area is 139 Å². The average molecular weight is 334 g/mol. The first-order valence-electron chi connectivity index (χ1n) is 7.40. The van der Waals surface area contributed by atoms with E-state index in [0.29, 0.717) is 8.58 Å². The maximum Gasteiger partial charge on any atom is 0.188 e. The van der Waals surface area contributed by atoms with Crippen molar-refractivity contribution in [2.75, 3.05) is 21.0 Å². The number of rotatable bonds is 7. The van der Waals surface area contributed by atoms with Gasteiger partial charge in [-0.3, -0.25) is 0 Å². The van der Waals surface area contributed by atoms with Gasteiger partial charge in [0.25, 0.3) is 0 Å². The Morgan fingerprint density at radius 2 is 1.87 bits per heavy atom. The van der Waals surface area contributed by atoms with Gasteiger partial charge in [-0.15, -0.1) is 0 Å². The van der Waals surface area contributed by atoms with Crippen LogP contribution in [0.3, 0.4) is 0 Å². The first-order valence-corrected chi connectivity index (χ1v) is 8.40. The second-order valence-corrected chi connectivity index (χ2v) is 6.63. The summed E-state index contributed by atoms with van der Waals surface area (Å²) in [4.78, 5) is 0. The summed E-state index contributed by atoms with van der Waals surface area (Å²) in [6.45, 7) is 4.01. The van der Waals surface area contributed by atoms with Crippen LogP contribution in [0.1, 0.15) is 24.2 Å². The number of ether oxygens (including phenoxy) is 3. The van der Waals surface area contributed by atoms with Crippen molar-refractivity contribution in [1.82, 2.24) is 0 Å². The molecule has 0 spiro atoms. The molecule has 2 aromatic carbocycles. The summed E-state index contributed by atoms with van der Waals surface area (Å²) >= 11 is 0. The van der Waals surface area contributed by atoms with Gasteiger partial charge in [0.2, 0.25) is 0 Å². The lowest BCUT2D eigenvalue weighted by Crippen LogP contribution is -2.14. The Morgan fingerprint density at radius 3 is 2.52 bits per heavy atom. The minimum atomic E-state index is -0.508. The van der Waals surface area contributed by atoms with E-state index in [1.165, 1.54) is 0 Å². The molecular formula is C18H23O4P. The summed E-state index contributed by atoms with van der Waals surface area (Å²) in [5.74, 6) is 1.55. The molecule has 0 aliphatic rings. The minimum Gasteiger partial charge on any atom is -0.497 e. The van der Waals surface area contributed by atoms with Crippen molar-refractivity contribution in [1.29, 1.82) is 0 Å². The van der Waals surface area contributed by atoms with E-state index in [1.54, 1.807) is 21.1 Å². The average Bonchev–Trinajstić information content (AvgIpc) is 2.55. The number of hydrogen-bond donors (Lipinski definition) is 1. The van der Waals surface area contributed by atoms with Gasteiger partial charge in [0.05, 0.1) is 13.2 Å². The van der Waals surface area contributed by atoms with Gasteiger partial charge in [0, 0.05) is 12.4 Å². The molecule has 5 heteroatoms. The van der Waals surface area contributed by atoms with Crippen LogP contribution in [0.15, 0.2) is 36.4 Å². The molecule has 23 heavy (non-hydrogen) atoms. The Bertz CT molecular complexity index is 655. The molecule has 0 amide bonds. The zero-order chi connectivity index (χ0) is 16.8. The van der Waals surface area contributed by atoms with Gasteiger partial charge in [-0.05, 0) is 42.9 Å². The van der Waals surface area contributed by atoms with Crippen LogP contribution >= 0.6 is 8.58 Å². The van der Waals surface area contributed by atoms with Crippen LogP contribution < -0.4 is 20.1 Å². The zero-order valence-electron chi connectivity index (χ0n) is 13.9. The highest BCUT2D eigenvalue weighted by atomic mass is 31.1. The second-order valence-electron chi connectivity index (χ2n) is 5.30. The standard InChI is InChI=1S/C18H23O4P/c1-12-5-8-17(15(9-12)13(2)19)23-18-10-14(21-4)6-7-16(18)22-11-20-3/h5-10,13,19,23H,11H2,1-4H3. The summed E-state index contributed by atoms with van der Waals surface area (Å²) in [5.41, 5.74) is 2.08. The van der Waals surface area contributed by atoms with Gasteiger partial charge in [-0.1, -0.05) is 32.3 Å². The number of aryl methyl sites for hydroxylation is 1. The molecule has 0 bridgehead atoms. The van der Waals surface area contributed by atoms with Gasteiger partial charge in [0.15, 0.2) is 6.79 Å². The largest absolute Gasteiger partial charge is 0.497 e. The first-order chi connectivity index (χ1) is 11.0. The van der Waals surface area contributed by atoms with E-state index in [-0.39, 0.29) is 6.79 Å². The summed E-state index contributed by atoms with van der Waals surface area (Å²) in [5, 5.41) is 12.2. The third-order valence-corrected chi connectivity index (χ3v) is 4.83. The molecule has 0 heterocycles. The van der Waals surface area contributed by atoms with Gasteiger partial charge in [0.1, 0.15) is 11.5 Å². The van der Waals surface area contributed by atoms with Gasteiger partial charge in [-0.25, -0.2) is 0 Å². The smallest absolute Gasteiger partial charge is 0.188 e. The van der Waals surface area contributed by atoms with E-state index in [1.807, 2.05) is 31.2 Å². The molecule has 4 nitrogen and oxygen atoms in total. The van der Waals surface area contributed by atoms with Crippen LogP contribution in [0, 0.1) is 6.92 Å². The Hall–Kier alpha value is -1.61. The number of benzene rings is 2. The third kappa shape index (κ3) is 4.68. The highest BCUT2D eigenvalue weighted by Crippen LogP contribution is 2.27. The lowest BCUT2D eigenvalue weighted by Gasteiger charge is -2.16. The van der Waals surface area contributed by atoms with Crippen LogP contribution in [0.5, 0.6) is 11.5 Å². The molecule has 0 saturated carbocycles. The van der Waals surface area contributed by atoms with Crippen LogP contribution in [0.2, 0.25) is 0 Å². The topological polar surface area (TPSA) is 47.9 Å². The van der Waals surface area contributed by atoms with Crippen molar-refractivity contribution in [3.8, 4) is 11.5 Å². The van der Waals surface area contributed by atoms with Crippen LogP contribution in [-0.4, -0.2) is 26.1 Å². The SMILES string of the molecule is COCOc1ccc(OC)cc1Pc1ccc(C)cc1C(C)O. The quantitative estimate of drug-likeness (QED) is 0.625. The molecule has 2 unspecified atom stereocenters. The van der Waals surface area contributed by atoms with Crippen molar-refractivity contribution in [2.45, 2.75) is 20.0 Å². The van der Waals surface area contributed by atoms with Crippen LogP contribution in [0.25, 0.3) is 0 Å². The molecule has 2 rings (SSSR count). The maximum absolute atomic E-state index is 10.0. The summed E-state index contributed by atoms with van der Waals surface area (Å²) in [6.07, 6.45) is -0.508. The lowest BCUT2D eigenvalue weighted by atomic mass is 10.1. The number of aliphatic hydroxyl groups is 1. The molecule has 2 atom stereocenters. The molecule has 0 aliphatic heterocycles. The van der Waals surface area contributed by atoms with Crippen molar-refractivity contribution >= 4 is 19.2 Å². The van der Waals surface area contributed by atoms with E-state index in [0.717, 1.165) is 33.2 Å². The van der Waals surface area contributed by atoms with Crippen LogP contribution in [0.4, 0.5) is 0 Å². The van der Waals surface area contributed by atoms with Crippen molar-refractivity contribution in [3.05, 3.63) is 47.5 Å². The molecule has 0 radical (unpaired) electrons. The van der Waals surface area contributed by atoms with E-state index in [4.69, 9.17) is 14.2 Å². The van der Waals surface area contributed by atoms with E-state index < -0.39 is 6.10 Å². The predicted octanol–water partition coefficient (Wildman–Crippen LogP) is 2.67. The molecule has 0 aliphatic carbocycles. The third-order valence-electron chi connectivity index (χ3n) is 3.45. The molecule has 0 aromatic heterocycles. The van der Waals surface area contributed by atoms with Crippen molar-refractivity contribution in [2.24, 2.45) is 0 Å². The fraction of sp³-hybridized carbons (Fsp3) is 0.333. The molecule has 124 valence electrons. The van der Waals surface area contributed by atoms with Crippen molar-refractivity contribution in [3.63, 3.8) is 0 Å². The summed E-state index contributed by atoms with van der Waals surface area (Å²) in [6, 6.07) is 11.9. The van der Waals surface area contributed by atoms with E-state index >= 15 is 0 Å². The fourth-order valence-electron chi connectivity index (χ4n) is 2.27. The zero-order valence-corrected chi connectivity index (χ0v) is 14.9. The molecule has 0 fully saturated rings. The normalized spacial score (nSPS) is 12.6. The van der Waals surface area contributed by atoms with E-state index in [2.05, 4.69) is 12.1 Å². The Kier molecular flexibility index (Phi) is 6.40. The number of hydrogen-bond acceptors (Lipinski definition) is 4. The summed E-state index contributed by atoms with van der Waals surface area (Å²) in [7, 11) is 3.59. The molecular weight excluding hydrogens is 311 g/mol. The van der Waals surface area contributed by atoms with Gasteiger partial charge in [-0.2, -0.15) is 0 Å². The van der Waals surface area contributed by atoms with E-state index in [9.17, 15) is 5.11 Å². The number of methoxy groups -OCH3 is 2. The first kappa shape index (κ1) is 17.7. The Balaban J connectivity index is 2.38. The summed E-state index contributed by atoms with van der Waals surface area (Å²) < 4.78 is 16.0. The minimum absolute atomic E-state index is 0.195. The maximum atomic E-state index is 10.0. The highest BCUT2D eigenvalue weighted by molar-refractivity contribution is 7.55. The number of aliphatic hydroxyl groups excluding tert-OH is 1.